The van der Waals surface area contributed by atoms with Gasteiger partial charge in [0.25, 0.3) is 0 Å². The molecular formula is C7H7N3O3S. The summed E-state index contributed by atoms with van der Waals surface area (Å²) in [5.41, 5.74) is 5.87. The Morgan fingerprint density at radius 2 is 2.07 bits per heavy atom. The summed E-state index contributed by atoms with van der Waals surface area (Å²) in [7, 11) is -3.71. The number of rotatable bonds is 1. The minimum Gasteiger partial charge on any atom is -0.380 e. The van der Waals surface area contributed by atoms with Crippen molar-refractivity contribution in [2.45, 2.75) is 4.90 Å². The molecular weight excluding hydrogens is 206 g/mol. The van der Waals surface area contributed by atoms with Crippen molar-refractivity contribution in [3.63, 3.8) is 0 Å². The van der Waals surface area contributed by atoms with Gasteiger partial charge in [-0.3, -0.25) is 0 Å². The first-order valence-corrected chi connectivity index (χ1v) is 5.21. The van der Waals surface area contributed by atoms with Crippen LogP contribution in [-0.2, 0) is 10.0 Å². The molecule has 4 N–H and O–H groups in total. The molecule has 0 fully saturated rings. The standard InChI is InChI=1S/C7H7N3O3S/c8-7-5-3-4(14(9,11)12)1-2-6(5)13-10-7/h1-3H,(H2,8,10)(H2,9,11,12). The van der Waals surface area contributed by atoms with Gasteiger partial charge < -0.3 is 10.3 Å². The smallest absolute Gasteiger partial charge is 0.238 e. The molecule has 0 unspecified atom stereocenters. The number of anilines is 1. The minimum atomic E-state index is -3.71. The Morgan fingerprint density at radius 3 is 2.71 bits per heavy atom. The molecule has 0 radical (unpaired) electrons. The Balaban J connectivity index is 2.79. The van der Waals surface area contributed by atoms with Gasteiger partial charge in [-0.2, -0.15) is 0 Å². The van der Waals surface area contributed by atoms with Gasteiger partial charge in [-0.15, -0.1) is 0 Å². The number of hydrogen-bond donors (Lipinski definition) is 2. The van der Waals surface area contributed by atoms with Crippen molar-refractivity contribution in [3.05, 3.63) is 18.2 Å². The van der Waals surface area contributed by atoms with Crippen LogP contribution >= 0.6 is 0 Å². The zero-order valence-corrected chi connectivity index (χ0v) is 7.78. The molecule has 2 rings (SSSR count). The van der Waals surface area contributed by atoms with E-state index in [0.29, 0.717) is 11.0 Å². The second-order valence-electron chi connectivity index (χ2n) is 2.77. The van der Waals surface area contributed by atoms with E-state index in [4.69, 9.17) is 15.4 Å². The number of sulfonamides is 1. The monoisotopic (exact) mass is 213 g/mol. The maximum absolute atomic E-state index is 11.0. The second kappa shape index (κ2) is 2.69. The molecule has 0 saturated heterocycles. The topological polar surface area (TPSA) is 112 Å². The lowest BCUT2D eigenvalue weighted by atomic mass is 10.2. The molecule has 0 aliphatic rings. The third kappa shape index (κ3) is 1.32. The highest BCUT2D eigenvalue weighted by Crippen LogP contribution is 2.22. The van der Waals surface area contributed by atoms with Gasteiger partial charge in [0.1, 0.15) is 0 Å². The van der Waals surface area contributed by atoms with Gasteiger partial charge in [0.05, 0.1) is 10.3 Å². The summed E-state index contributed by atoms with van der Waals surface area (Å²) in [4.78, 5) is -0.0140. The third-order valence-electron chi connectivity index (χ3n) is 1.80. The molecule has 74 valence electrons. The Hall–Kier alpha value is -1.60. The summed E-state index contributed by atoms with van der Waals surface area (Å²) in [5.74, 6) is 0.144. The Labute approximate surface area is 79.5 Å². The predicted octanol–water partition coefficient (Wildman–Crippen LogP) is 0.0574. The highest BCUT2D eigenvalue weighted by molar-refractivity contribution is 7.89. The second-order valence-corrected chi connectivity index (χ2v) is 4.33. The van der Waals surface area contributed by atoms with Crippen LogP contribution in [0.2, 0.25) is 0 Å². The summed E-state index contributed by atoms with van der Waals surface area (Å²) in [6, 6.07) is 4.12. The van der Waals surface area contributed by atoms with Gasteiger partial charge in [0.2, 0.25) is 10.0 Å². The predicted molar refractivity (Wildman–Crippen MR) is 49.8 cm³/mol. The number of hydrogen-bond acceptors (Lipinski definition) is 5. The van der Waals surface area contributed by atoms with Gasteiger partial charge >= 0.3 is 0 Å². The molecule has 0 aliphatic carbocycles. The summed E-state index contributed by atoms with van der Waals surface area (Å²) in [6.45, 7) is 0. The van der Waals surface area contributed by atoms with Crippen LogP contribution in [0.3, 0.4) is 0 Å². The molecule has 1 aromatic carbocycles. The number of primary sulfonamides is 1. The van der Waals surface area contributed by atoms with Crippen LogP contribution in [0.15, 0.2) is 27.6 Å². The summed E-state index contributed by atoms with van der Waals surface area (Å²) in [5, 5.41) is 8.87. The molecule has 7 heteroatoms. The van der Waals surface area contributed by atoms with Crippen LogP contribution in [0, 0.1) is 0 Å². The molecule has 0 aliphatic heterocycles. The van der Waals surface area contributed by atoms with E-state index in [1.165, 1.54) is 18.2 Å². The van der Waals surface area contributed by atoms with Crippen LogP contribution < -0.4 is 10.9 Å². The molecule has 14 heavy (non-hydrogen) atoms. The maximum atomic E-state index is 11.0. The van der Waals surface area contributed by atoms with Crippen molar-refractivity contribution in [2.75, 3.05) is 5.73 Å². The van der Waals surface area contributed by atoms with Crippen LogP contribution in [0.25, 0.3) is 11.0 Å². The summed E-state index contributed by atoms with van der Waals surface area (Å²) in [6.07, 6.45) is 0. The SMILES string of the molecule is Nc1noc2ccc(S(N)(=O)=O)cc12. The Morgan fingerprint density at radius 1 is 1.36 bits per heavy atom. The highest BCUT2D eigenvalue weighted by atomic mass is 32.2. The van der Waals surface area contributed by atoms with Crippen molar-refractivity contribution in [1.29, 1.82) is 0 Å². The highest BCUT2D eigenvalue weighted by Gasteiger charge is 2.11. The van der Waals surface area contributed by atoms with Crippen LogP contribution in [-0.4, -0.2) is 13.6 Å². The fourth-order valence-corrected chi connectivity index (χ4v) is 1.65. The quantitative estimate of drug-likeness (QED) is 0.695. The molecule has 1 heterocycles. The van der Waals surface area contributed by atoms with Gasteiger partial charge in [-0.25, -0.2) is 13.6 Å². The van der Waals surface area contributed by atoms with Crippen molar-refractivity contribution in [3.8, 4) is 0 Å². The van der Waals surface area contributed by atoms with Crippen LogP contribution in [0.1, 0.15) is 0 Å². The third-order valence-corrected chi connectivity index (χ3v) is 2.71. The van der Waals surface area contributed by atoms with Crippen LogP contribution in [0.4, 0.5) is 5.82 Å². The molecule has 0 atom stereocenters. The zero-order chi connectivity index (χ0) is 10.3. The lowest BCUT2D eigenvalue weighted by Crippen LogP contribution is -2.11. The number of nitrogens with zero attached hydrogens (tertiary/aromatic N) is 1. The van der Waals surface area contributed by atoms with Gasteiger partial charge in [0.15, 0.2) is 11.4 Å². The fraction of sp³-hybridized carbons (Fsp3) is 0. The molecule has 0 bridgehead atoms. The van der Waals surface area contributed by atoms with Crippen molar-refractivity contribution < 1.29 is 12.9 Å². The van der Waals surface area contributed by atoms with Crippen molar-refractivity contribution in [1.82, 2.24) is 5.16 Å². The Kier molecular flexibility index (Phi) is 1.73. The van der Waals surface area contributed by atoms with E-state index in [9.17, 15) is 8.42 Å². The molecule has 0 amide bonds. The van der Waals surface area contributed by atoms with E-state index < -0.39 is 10.0 Å². The zero-order valence-electron chi connectivity index (χ0n) is 6.97. The number of fused-ring (bicyclic) bond motifs is 1. The van der Waals surface area contributed by atoms with Gasteiger partial charge in [-0.05, 0) is 18.2 Å². The molecule has 0 spiro atoms. The van der Waals surface area contributed by atoms with E-state index in [0.717, 1.165) is 0 Å². The van der Waals surface area contributed by atoms with E-state index in [2.05, 4.69) is 5.16 Å². The lowest BCUT2D eigenvalue weighted by molar-refractivity contribution is 0.460. The summed E-state index contributed by atoms with van der Waals surface area (Å²) >= 11 is 0. The van der Waals surface area contributed by atoms with Gasteiger partial charge in [0, 0.05) is 0 Å². The molecule has 1 aromatic heterocycles. The van der Waals surface area contributed by atoms with E-state index in [1.54, 1.807) is 0 Å². The molecule has 2 aromatic rings. The number of aromatic nitrogens is 1. The first-order chi connectivity index (χ1) is 6.48. The van der Waals surface area contributed by atoms with E-state index in [1.807, 2.05) is 0 Å². The summed E-state index contributed by atoms with van der Waals surface area (Å²) < 4.78 is 26.8. The number of nitrogen functional groups attached to an aromatic ring is 1. The van der Waals surface area contributed by atoms with Crippen molar-refractivity contribution in [2.24, 2.45) is 5.14 Å². The maximum Gasteiger partial charge on any atom is 0.238 e. The lowest BCUT2D eigenvalue weighted by Gasteiger charge is -1.96. The normalized spacial score (nSPS) is 12.1. The Bertz CT molecular complexity index is 587. The number of nitrogens with two attached hydrogens (primary N) is 2. The average Bonchev–Trinajstić information content (AvgIpc) is 2.46. The largest absolute Gasteiger partial charge is 0.380 e. The fourth-order valence-electron chi connectivity index (χ4n) is 1.11. The van der Waals surface area contributed by atoms with Gasteiger partial charge in [-0.1, -0.05) is 5.16 Å². The minimum absolute atomic E-state index is 0.0140. The first-order valence-electron chi connectivity index (χ1n) is 3.66. The van der Waals surface area contributed by atoms with Crippen LogP contribution in [0.5, 0.6) is 0 Å². The number of benzene rings is 1. The average molecular weight is 213 g/mol. The van der Waals surface area contributed by atoms with E-state index in [-0.39, 0.29) is 10.7 Å². The first kappa shape index (κ1) is 8.97. The molecule has 6 nitrogen and oxygen atoms in total. The van der Waals surface area contributed by atoms with E-state index >= 15 is 0 Å². The van der Waals surface area contributed by atoms with Crippen molar-refractivity contribution >= 4 is 26.8 Å². The molecule has 0 saturated carbocycles.